The summed E-state index contributed by atoms with van der Waals surface area (Å²) in [5, 5.41) is 3.36. The van der Waals surface area contributed by atoms with Crippen LogP contribution < -0.4 is 15.0 Å². The normalized spacial score (nSPS) is 13.7. The zero-order valence-corrected chi connectivity index (χ0v) is 18.8. The highest BCUT2D eigenvalue weighted by Gasteiger charge is 2.23. The first-order chi connectivity index (χ1) is 15.5. The summed E-state index contributed by atoms with van der Waals surface area (Å²) >= 11 is 0. The van der Waals surface area contributed by atoms with E-state index < -0.39 is 0 Å². The molecule has 7 heteroatoms. The molecule has 0 saturated carbocycles. The molecule has 0 radical (unpaired) electrons. The molecule has 1 aromatic heterocycles. The van der Waals surface area contributed by atoms with Gasteiger partial charge in [-0.25, -0.2) is 9.97 Å². The van der Waals surface area contributed by atoms with E-state index in [9.17, 15) is 4.79 Å². The molecule has 3 aromatic rings. The van der Waals surface area contributed by atoms with Crippen molar-refractivity contribution >= 4 is 23.2 Å². The Kier molecular flexibility index (Phi) is 6.54. The van der Waals surface area contributed by atoms with E-state index in [2.05, 4.69) is 39.2 Å². The number of carbonyl (C=O) groups is 1. The average Bonchev–Trinajstić information content (AvgIpc) is 2.81. The molecule has 0 bridgehead atoms. The second-order valence-corrected chi connectivity index (χ2v) is 7.89. The van der Waals surface area contributed by atoms with Crippen LogP contribution in [0, 0.1) is 13.8 Å². The van der Waals surface area contributed by atoms with Gasteiger partial charge < -0.3 is 19.9 Å². The smallest absolute Gasteiger partial charge is 0.253 e. The van der Waals surface area contributed by atoms with Crippen LogP contribution in [0.5, 0.6) is 5.75 Å². The van der Waals surface area contributed by atoms with Gasteiger partial charge in [-0.2, -0.15) is 0 Å². The molecule has 0 aliphatic carbocycles. The molecular weight excluding hydrogens is 402 g/mol. The summed E-state index contributed by atoms with van der Waals surface area (Å²) < 4.78 is 5.46. The Bertz CT molecular complexity index is 1060. The number of amides is 1. The first kappa shape index (κ1) is 21.6. The number of piperazine rings is 1. The van der Waals surface area contributed by atoms with Crippen LogP contribution in [-0.4, -0.2) is 53.6 Å². The molecule has 0 unspecified atom stereocenters. The SMILES string of the molecule is CCOc1ccc(C(=O)N2CCN(c3cc(Nc4ccc(C)cc4)nc(C)n3)CC2)cc1. The molecule has 1 amide bonds. The van der Waals surface area contributed by atoms with E-state index in [0.29, 0.717) is 31.1 Å². The molecular formula is C25H29N5O2. The number of hydrogen-bond donors (Lipinski definition) is 1. The predicted molar refractivity (Wildman–Crippen MR) is 127 cm³/mol. The largest absolute Gasteiger partial charge is 0.494 e. The van der Waals surface area contributed by atoms with Crippen molar-refractivity contribution in [1.29, 1.82) is 0 Å². The van der Waals surface area contributed by atoms with Gasteiger partial charge in [0.15, 0.2) is 0 Å². The average molecular weight is 432 g/mol. The molecule has 1 N–H and O–H groups in total. The van der Waals surface area contributed by atoms with Gasteiger partial charge in [0.2, 0.25) is 0 Å². The molecule has 32 heavy (non-hydrogen) atoms. The lowest BCUT2D eigenvalue weighted by Gasteiger charge is -2.35. The van der Waals surface area contributed by atoms with Crippen molar-refractivity contribution in [1.82, 2.24) is 14.9 Å². The molecule has 4 rings (SSSR count). The molecule has 1 aliphatic rings. The summed E-state index contributed by atoms with van der Waals surface area (Å²) in [4.78, 5) is 26.1. The Morgan fingerprint density at radius 2 is 1.66 bits per heavy atom. The zero-order chi connectivity index (χ0) is 22.5. The van der Waals surface area contributed by atoms with E-state index >= 15 is 0 Å². The standard InChI is InChI=1S/C25H29N5O2/c1-4-32-22-11-7-20(8-12-22)25(31)30-15-13-29(14-16-30)24-17-23(26-19(3)27-24)28-21-9-5-18(2)6-10-21/h5-12,17H,4,13-16H2,1-3H3,(H,26,27,28). The summed E-state index contributed by atoms with van der Waals surface area (Å²) in [6, 6.07) is 17.5. The minimum absolute atomic E-state index is 0.0493. The van der Waals surface area contributed by atoms with Crippen molar-refractivity contribution < 1.29 is 9.53 Å². The highest BCUT2D eigenvalue weighted by Crippen LogP contribution is 2.22. The quantitative estimate of drug-likeness (QED) is 0.631. The van der Waals surface area contributed by atoms with Crippen LogP contribution in [0.3, 0.4) is 0 Å². The molecule has 2 heterocycles. The fourth-order valence-corrected chi connectivity index (χ4v) is 3.74. The number of anilines is 3. The molecule has 1 fully saturated rings. The Hall–Kier alpha value is -3.61. The van der Waals surface area contributed by atoms with Crippen LogP contribution in [0.15, 0.2) is 54.6 Å². The second kappa shape index (κ2) is 9.68. The number of nitrogens with zero attached hydrogens (tertiary/aromatic N) is 4. The molecule has 166 valence electrons. The molecule has 1 aliphatic heterocycles. The highest BCUT2D eigenvalue weighted by molar-refractivity contribution is 5.94. The van der Waals surface area contributed by atoms with Crippen LogP contribution in [-0.2, 0) is 0 Å². The fraction of sp³-hybridized carbons (Fsp3) is 0.320. The number of benzene rings is 2. The van der Waals surface area contributed by atoms with Crippen molar-refractivity contribution in [2.45, 2.75) is 20.8 Å². The first-order valence-corrected chi connectivity index (χ1v) is 11.0. The summed E-state index contributed by atoms with van der Waals surface area (Å²) in [6.07, 6.45) is 0. The number of aromatic nitrogens is 2. The number of carbonyl (C=O) groups excluding carboxylic acids is 1. The van der Waals surface area contributed by atoms with Crippen molar-refractivity contribution in [2.24, 2.45) is 0 Å². The van der Waals surface area contributed by atoms with E-state index in [-0.39, 0.29) is 5.91 Å². The summed E-state index contributed by atoms with van der Waals surface area (Å²) in [7, 11) is 0. The Labute approximate surface area is 189 Å². The van der Waals surface area contributed by atoms with Crippen LogP contribution in [0.1, 0.15) is 28.7 Å². The molecule has 1 saturated heterocycles. The lowest BCUT2D eigenvalue weighted by atomic mass is 10.1. The highest BCUT2D eigenvalue weighted by atomic mass is 16.5. The zero-order valence-electron chi connectivity index (χ0n) is 18.8. The molecule has 0 atom stereocenters. The minimum atomic E-state index is 0.0493. The maximum absolute atomic E-state index is 12.9. The topological polar surface area (TPSA) is 70.6 Å². The van der Waals surface area contributed by atoms with Gasteiger partial charge in [-0.05, 0) is 57.2 Å². The molecule has 7 nitrogen and oxygen atoms in total. The number of rotatable bonds is 6. The van der Waals surface area contributed by atoms with Gasteiger partial charge in [0.25, 0.3) is 5.91 Å². The van der Waals surface area contributed by atoms with E-state index in [1.165, 1.54) is 5.56 Å². The van der Waals surface area contributed by atoms with E-state index in [0.717, 1.165) is 36.2 Å². The van der Waals surface area contributed by atoms with Crippen LogP contribution in [0.2, 0.25) is 0 Å². The van der Waals surface area contributed by atoms with Crippen molar-refractivity contribution in [2.75, 3.05) is 43.0 Å². The van der Waals surface area contributed by atoms with Gasteiger partial charge >= 0.3 is 0 Å². The van der Waals surface area contributed by atoms with Crippen molar-refractivity contribution in [3.8, 4) is 5.75 Å². The predicted octanol–water partition coefficient (Wildman–Crippen LogP) is 4.20. The Morgan fingerprint density at radius 3 is 2.31 bits per heavy atom. The minimum Gasteiger partial charge on any atom is -0.494 e. The van der Waals surface area contributed by atoms with Gasteiger partial charge in [-0.3, -0.25) is 4.79 Å². The van der Waals surface area contributed by atoms with Gasteiger partial charge in [-0.1, -0.05) is 17.7 Å². The number of aryl methyl sites for hydroxylation is 2. The third kappa shape index (κ3) is 5.17. The number of ether oxygens (including phenoxy) is 1. The third-order valence-corrected chi connectivity index (χ3v) is 5.45. The summed E-state index contributed by atoms with van der Waals surface area (Å²) in [5.41, 5.74) is 2.89. The lowest BCUT2D eigenvalue weighted by molar-refractivity contribution is 0.0746. The van der Waals surface area contributed by atoms with E-state index in [4.69, 9.17) is 4.74 Å². The first-order valence-electron chi connectivity index (χ1n) is 11.0. The van der Waals surface area contributed by atoms with Gasteiger partial charge in [0.1, 0.15) is 23.2 Å². The van der Waals surface area contributed by atoms with Gasteiger partial charge in [-0.15, -0.1) is 0 Å². The molecule has 0 spiro atoms. The fourth-order valence-electron chi connectivity index (χ4n) is 3.74. The Morgan fingerprint density at radius 1 is 0.969 bits per heavy atom. The van der Waals surface area contributed by atoms with Crippen LogP contribution in [0.25, 0.3) is 0 Å². The van der Waals surface area contributed by atoms with Crippen molar-refractivity contribution in [3.05, 3.63) is 71.5 Å². The monoisotopic (exact) mass is 431 g/mol. The van der Waals surface area contributed by atoms with Gasteiger partial charge in [0, 0.05) is 43.5 Å². The van der Waals surface area contributed by atoms with E-state index in [1.807, 2.05) is 61.2 Å². The van der Waals surface area contributed by atoms with Crippen molar-refractivity contribution in [3.63, 3.8) is 0 Å². The van der Waals surface area contributed by atoms with E-state index in [1.54, 1.807) is 0 Å². The maximum atomic E-state index is 12.9. The third-order valence-electron chi connectivity index (χ3n) is 5.45. The number of hydrogen-bond acceptors (Lipinski definition) is 6. The summed E-state index contributed by atoms with van der Waals surface area (Å²) in [6.45, 7) is 9.27. The Balaban J connectivity index is 1.39. The van der Waals surface area contributed by atoms with Crippen LogP contribution >= 0.6 is 0 Å². The lowest BCUT2D eigenvalue weighted by Crippen LogP contribution is -2.49. The maximum Gasteiger partial charge on any atom is 0.253 e. The molecule has 2 aromatic carbocycles. The summed E-state index contributed by atoms with van der Waals surface area (Å²) in [5.74, 6) is 3.19. The second-order valence-electron chi connectivity index (χ2n) is 7.89. The number of nitrogens with one attached hydrogen (secondary N) is 1. The van der Waals surface area contributed by atoms with Crippen LogP contribution in [0.4, 0.5) is 17.3 Å². The van der Waals surface area contributed by atoms with Gasteiger partial charge in [0.05, 0.1) is 6.61 Å².